The van der Waals surface area contributed by atoms with E-state index < -0.39 is 6.49 Å². The van der Waals surface area contributed by atoms with Crippen molar-refractivity contribution < 1.29 is 13.8 Å². The molecule has 1 aromatic rings. The van der Waals surface area contributed by atoms with Crippen LogP contribution in [0.4, 0.5) is 0 Å². The van der Waals surface area contributed by atoms with Gasteiger partial charge in [0.25, 0.3) is 0 Å². The zero-order chi connectivity index (χ0) is 14.7. The predicted octanol–water partition coefficient (Wildman–Crippen LogP) is 3.14. The van der Waals surface area contributed by atoms with E-state index in [1.54, 1.807) is 20.3 Å². The molecule has 0 spiro atoms. The van der Waals surface area contributed by atoms with E-state index in [4.69, 9.17) is 25.6 Å². The first-order chi connectivity index (χ1) is 8.74. The second-order valence-electron chi connectivity index (χ2n) is 5.02. The van der Waals surface area contributed by atoms with E-state index in [0.717, 1.165) is 0 Å². The Labute approximate surface area is 119 Å². The number of methoxy groups -OCH3 is 1. The number of aromatic nitrogens is 2. The first kappa shape index (κ1) is 16.3. The molecule has 0 radical (unpaired) electrons. The highest BCUT2D eigenvalue weighted by molar-refractivity contribution is 8.10. The summed E-state index contributed by atoms with van der Waals surface area (Å²) in [6.45, 7) is 5.70. The lowest BCUT2D eigenvalue weighted by Gasteiger charge is -2.21. The van der Waals surface area contributed by atoms with Crippen molar-refractivity contribution in [1.82, 2.24) is 9.97 Å². The standard InChI is InChI=1S/C12H21N2O3PS/c1-7-18(19,16-6)17-10-8-9(15-5)13-11(14-10)12(2,3)4/h8H,7H2,1-6H3. The van der Waals surface area contributed by atoms with Gasteiger partial charge < -0.3 is 13.8 Å². The summed E-state index contributed by atoms with van der Waals surface area (Å²) < 4.78 is 16.2. The second kappa shape index (κ2) is 6.16. The zero-order valence-corrected chi connectivity index (χ0v) is 14.0. The van der Waals surface area contributed by atoms with Crippen LogP contribution in [0.25, 0.3) is 0 Å². The van der Waals surface area contributed by atoms with Crippen molar-refractivity contribution in [3.05, 3.63) is 11.9 Å². The van der Waals surface area contributed by atoms with E-state index in [1.165, 1.54) is 0 Å². The normalized spacial score (nSPS) is 14.8. The van der Waals surface area contributed by atoms with Crippen LogP contribution in [-0.2, 0) is 21.7 Å². The Morgan fingerprint density at radius 3 is 2.21 bits per heavy atom. The van der Waals surface area contributed by atoms with Gasteiger partial charge in [-0.25, -0.2) is 0 Å². The fourth-order valence-electron chi connectivity index (χ4n) is 1.26. The topological polar surface area (TPSA) is 53.5 Å². The smallest absolute Gasteiger partial charge is 0.239 e. The van der Waals surface area contributed by atoms with Crippen molar-refractivity contribution in [2.45, 2.75) is 33.1 Å². The molecule has 5 nitrogen and oxygen atoms in total. The Bertz CT molecular complexity index is 480. The summed E-state index contributed by atoms with van der Waals surface area (Å²) in [6, 6.07) is 1.63. The van der Waals surface area contributed by atoms with Gasteiger partial charge >= 0.3 is 0 Å². The van der Waals surface area contributed by atoms with Crippen LogP contribution in [0.1, 0.15) is 33.5 Å². The molecule has 1 aromatic heterocycles. The number of hydrogen-bond donors (Lipinski definition) is 0. The minimum absolute atomic E-state index is 0.200. The number of ether oxygens (including phenoxy) is 1. The Morgan fingerprint density at radius 2 is 1.79 bits per heavy atom. The molecule has 0 saturated carbocycles. The van der Waals surface area contributed by atoms with Crippen LogP contribution < -0.4 is 9.26 Å². The fourth-order valence-corrected chi connectivity index (χ4v) is 2.33. The van der Waals surface area contributed by atoms with Gasteiger partial charge in [0, 0.05) is 18.7 Å². The van der Waals surface area contributed by atoms with Crippen LogP contribution in [-0.4, -0.2) is 30.3 Å². The summed E-state index contributed by atoms with van der Waals surface area (Å²) in [5.74, 6) is 1.52. The van der Waals surface area contributed by atoms with Gasteiger partial charge in [0.15, 0.2) is 0 Å². The summed E-state index contributed by atoms with van der Waals surface area (Å²) in [6.07, 6.45) is 0.635. The van der Waals surface area contributed by atoms with Gasteiger partial charge in [-0.2, -0.15) is 9.97 Å². The lowest BCUT2D eigenvalue weighted by Crippen LogP contribution is -2.17. The van der Waals surface area contributed by atoms with E-state index in [9.17, 15) is 0 Å². The molecule has 1 rings (SSSR count). The van der Waals surface area contributed by atoms with Crippen molar-refractivity contribution >= 4 is 18.3 Å². The van der Waals surface area contributed by atoms with E-state index >= 15 is 0 Å². The molecule has 0 aliphatic carbocycles. The minimum Gasteiger partial charge on any atom is -0.481 e. The SMILES string of the molecule is CCP(=S)(OC)Oc1cc(OC)nc(C(C)(C)C)n1. The third kappa shape index (κ3) is 4.41. The minimum atomic E-state index is -2.32. The molecule has 108 valence electrons. The molecule has 19 heavy (non-hydrogen) atoms. The van der Waals surface area contributed by atoms with Crippen molar-refractivity contribution in [1.29, 1.82) is 0 Å². The van der Waals surface area contributed by atoms with Gasteiger partial charge in [0.2, 0.25) is 18.3 Å². The second-order valence-corrected chi connectivity index (χ2v) is 9.09. The summed E-state index contributed by atoms with van der Waals surface area (Å²) >= 11 is 5.37. The first-order valence-electron chi connectivity index (χ1n) is 6.02. The van der Waals surface area contributed by atoms with E-state index in [2.05, 4.69) is 9.97 Å². The molecular formula is C12H21N2O3PS. The Hall–Kier alpha value is -0.710. The van der Waals surface area contributed by atoms with Crippen molar-refractivity contribution in [3.8, 4) is 11.8 Å². The average molecular weight is 304 g/mol. The third-order valence-electron chi connectivity index (χ3n) is 2.46. The van der Waals surface area contributed by atoms with Gasteiger partial charge in [-0.3, -0.25) is 0 Å². The molecule has 0 bridgehead atoms. The number of rotatable bonds is 5. The highest BCUT2D eigenvalue weighted by atomic mass is 32.5. The van der Waals surface area contributed by atoms with Crippen molar-refractivity contribution in [3.63, 3.8) is 0 Å². The summed E-state index contributed by atoms with van der Waals surface area (Å²) in [4.78, 5) is 8.73. The maximum Gasteiger partial charge on any atom is 0.239 e. The molecule has 0 aliphatic rings. The average Bonchev–Trinajstić information content (AvgIpc) is 2.37. The van der Waals surface area contributed by atoms with E-state index in [-0.39, 0.29) is 5.41 Å². The molecule has 0 fully saturated rings. The molecule has 0 saturated heterocycles. The Morgan fingerprint density at radius 1 is 1.21 bits per heavy atom. The highest BCUT2D eigenvalue weighted by Crippen LogP contribution is 2.47. The van der Waals surface area contributed by atoms with Crippen molar-refractivity contribution in [2.75, 3.05) is 20.4 Å². The van der Waals surface area contributed by atoms with Gasteiger partial charge in [0.05, 0.1) is 13.2 Å². The van der Waals surface area contributed by atoms with Crippen LogP contribution >= 0.6 is 6.49 Å². The molecule has 1 heterocycles. The molecule has 0 N–H and O–H groups in total. The van der Waals surface area contributed by atoms with Crippen LogP contribution in [0.2, 0.25) is 0 Å². The first-order valence-corrected chi connectivity index (χ1v) is 8.84. The van der Waals surface area contributed by atoms with E-state index in [1.807, 2.05) is 27.7 Å². The lowest BCUT2D eigenvalue weighted by molar-refractivity contribution is 0.369. The van der Waals surface area contributed by atoms with Crippen LogP contribution in [0, 0.1) is 0 Å². The monoisotopic (exact) mass is 304 g/mol. The van der Waals surface area contributed by atoms with E-state index in [0.29, 0.717) is 23.7 Å². The summed E-state index contributed by atoms with van der Waals surface area (Å²) in [5.41, 5.74) is -0.200. The van der Waals surface area contributed by atoms with Gasteiger partial charge in [-0.15, -0.1) is 0 Å². The molecule has 1 unspecified atom stereocenters. The number of nitrogens with zero attached hydrogens (tertiary/aromatic N) is 2. The quantitative estimate of drug-likeness (QED) is 0.779. The Balaban J connectivity index is 3.18. The molecule has 7 heteroatoms. The maximum atomic E-state index is 5.75. The van der Waals surface area contributed by atoms with Crippen LogP contribution in [0.15, 0.2) is 6.07 Å². The van der Waals surface area contributed by atoms with Gasteiger partial charge in [0.1, 0.15) is 5.82 Å². The van der Waals surface area contributed by atoms with Crippen molar-refractivity contribution in [2.24, 2.45) is 0 Å². The molecule has 1 atom stereocenters. The highest BCUT2D eigenvalue weighted by Gasteiger charge is 2.23. The summed E-state index contributed by atoms with van der Waals surface area (Å²) in [5, 5.41) is 0. The lowest BCUT2D eigenvalue weighted by atomic mass is 9.96. The largest absolute Gasteiger partial charge is 0.481 e. The van der Waals surface area contributed by atoms with Crippen LogP contribution in [0.5, 0.6) is 11.8 Å². The van der Waals surface area contributed by atoms with Gasteiger partial charge in [-0.05, 0) is 11.8 Å². The third-order valence-corrected chi connectivity index (χ3v) is 5.70. The molecule has 0 amide bonds. The fraction of sp³-hybridized carbons (Fsp3) is 0.667. The molecule has 0 aliphatic heterocycles. The van der Waals surface area contributed by atoms with Gasteiger partial charge in [-0.1, -0.05) is 27.7 Å². The van der Waals surface area contributed by atoms with Crippen LogP contribution in [0.3, 0.4) is 0 Å². The number of hydrogen-bond acceptors (Lipinski definition) is 6. The predicted molar refractivity (Wildman–Crippen MR) is 79.7 cm³/mol. The zero-order valence-electron chi connectivity index (χ0n) is 12.3. The maximum absolute atomic E-state index is 5.75. The summed E-state index contributed by atoms with van der Waals surface area (Å²) in [7, 11) is 3.12. The molecular weight excluding hydrogens is 283 g/mol. The Kier molecular flexibility index (Phi) is 5.30. The molecule has 0 aromatic carbocycles.